The van der Waals surface area contributed by atoms with Crippen molar-refractivity contribution in [2.45, 2.75) is 45.7 Å². The van der Waals surface area contributed by atoms with Gasteiger partial charge in [-0.2, -0.15) is 0 Å². The molecule has 0 fully saturated rings. The molecule has 2 heterocycles. The maximum Gasteiger partial charge on any atom is 0.243 e. The van der Waals surface area contributed by atoms with Crippen LogP contribution in [-0.4, -0.2) is 26.9 Å². The van der Waals surface area contributed by atoms with Crippen molar-refractivity contribution in [3.05, 3.63) is 108 Å². The lowest BCUT2D eigenvalue weighted by atomic mass is 9.86. The van der Waals surface area contributed by atoms with Gasteiger partial charge in [0.2, 0.25) is 11.8 Å². The molecule has 3 aromatic carbocycles. The second kappa shape index (κ2) is 10.9. The minimum Gasteiger partial charge on any atom is -0.437 e. The van der Waals surface area contributed by atoms with E-state index in [0.29, 0.717) is 17.5 Å². The van der Waals surface area contributed by atoms with Crippen molar-refractivity contribution < 1.29 is 9.13 Å². The number of ether oxygens (including phenoxy) is 1. The molecule has 0 radical (unpaired) electrons. The fraction of sp³-hybridized carbons (Fsp3) is 0.250. The van der Waals surface area contributed by atoms with Gasteiger partial charge >= 0.3 is 0 Å². The van der Waals surface area contributed by atoms with Crippen LogP contribution < -0.4 is 10.1 Å². The second-order valence-corrected chi connectivity index (χ2v) is 10.9. The SMILES string of the molecule is CC(c1ccc2nc(Nc3cccnc3Oc3ccccc3C(C)(C)C)[nH]c2c1)N(C)Cc1ccc(F)cc1. The molecule has 0 saturated heterocycles. The monoisotopic (exact) mass is 523 g/mol. The van der Waals surface area contributed by atoms with Crippen LogP contribution in [0.3, 0.4) is 0 Å². The lowest BCUT2D eigenvalue weighted by Crippen LogP contribution is -2.21. The van der Waals surface area contributed by atoms with E-state index in [0.717, 1.165) is 40.0 Å². The fourth-order valence-electron chi connectivity index (χ4n) is 4.59. The van der Waals surface area contributed by atoms with Gasteiger partial charge in [-0.1, -0.05) is 57.2 Å². The summed E-state index contributed by atoms with van der Waals surface area (Å²) >= 11 is 0. The Morgan fingerprint density at radius 3 is 2.54 bits per heavy atom. The average Bonchev–Trinajstić information content (AvgIpc) is 3.32. The van der Waals surface area contributed by atoms with E-state index in [9.17, 15) is 4.39 Å². The summed E-state index contributed by atoms with van der Waals surface area (Å²) in [5.74, 6) is 1.64. The number of H-pyrrole nitrogens is 1. The van der Waals surface area contributed by atoms with Crippen molar-refractivity contribution >= 4 is 22.7 Å². The number of imidazole rings is 1. The van der Waals surface area contributed by atoms with Crippen molar-refractivity contribution in [3.8, 4) is 11.6 Å². The van der Waals surface area contributed by atoms with Gasteiger partial charge in [0.15, 0.2) is 0 Å². The summed E-state index contributed by atoms with van der Waals surface area (Å²) in [6, 6.07) is 24.9. The lowest BCUT2D eigenvalue weighted by molar-refractivity contribution is 0.253. The van der Waals surface area contributed by atoms with Gasteiger partial charge in [-0.15, -0.1) is 0 Å². The maximum atomic E-state index is 13.3. The van der Waals surface area contributed by atoms with Gasteiger partial charge in [-0.05, 0) is 73.0 Å². The number of aromatic amines is 1. The molecule has 1 unspecified atom stereocenters. The first kappa shape index (κ1) is 26.4. The summed E-state index contributed by atoms with van der Waals surface area (Å²) in [6.45, 7) is 9.37. The molecule has 2 aromatic heterocycles. The van der Waals surface area contributed by atoms with Crippen LogP contribution in [0.2, 0.25) is 0 Å². The van der Waals surface area contributed by atoms with Crippen molar-refractivity contribution in [1.82, 2.24) is 19.9 Å². The smallest absolute Gasteiger partial charge is 0.243 e. The number of rotatable bonds is 8. The molecule has 5 aromatic rings. The number of nitrogens with zero attached hydrogens (tertiary/aromatic N) is 3. The average molecular weight is 524 g/mol. The highest BCUT2D eigenvalue weighted by Crippen LogP contribution is 2.36. The van der Waals surface area contributed by atoms with Crippen LogP contribution in [0.15, 0.2) is 85.1 Å². The van der Waals surface area contributed by atoms with Crippen molar-refractivity contribution in [2.75, 3.05) is 12.4 Å². The van der Waals surface area contributed by atoms with Gasteiger partial charge < -0.3 is 15.0 Å². The Labute approximate surface area is 228 Å². The maximum absolute atomic E-state index is 13.3. The van der Waals surface area contributed by atoms with E-state index >= 15 is 0 Å². The zero-order chi connectivity index (χ0) is 27.6. The molecule has 6 nitrogen and oxygen atoms in total. The van der Waals surface area contributed by atoms with Crippen molar-refractivity contribution in [3.63, 3.8) is 0 Å². The summed E-state index contributed by atoms with van der Waals surface area (Å²) in [4.78, 5) is 14.9. The normalized spacial score (nSPS) is 12.6. The molecule has 2 N–H and O–H groups in total. The molecular formula is C32H34FN5O. The van der Waals surface area contributed by atoms with Gasteiger partial charge in [0, 0.05) is 24.3 Å². The fourth-order valence-corrected chi connectivity index (χ4v) is 4.59. The Morgan fingerprint density at radius 2 is 1.77 bits per heavy atom. The third-order valence-corrected chi connectivity index (χ3v) is 6.92. The van der Waals surface area contributed by atoms with Crippen LogP contribution in [0.4, 0.5) is 16.0 Å². The molecule has 0 aliphatic rings. The molecule has 7 heteroatoms. The molecular weight excluding hydrogens is 489 g/mol. The van der Waals surface area contributed by atoms with Gasteiger partial charge in [0.1, 0.15) is 17.3 Å². The predicted octanol–water partition coefficient (Wildman–Crippen LogP) is 8.12. The number of nitrogens with one attached hydrogen (secondary N) is 2. The molecule has 0 aliphatic carbocycles. The Balaban J connectivity index is 1.34. The number of anilines is 2. The largest absolute Gasteiger partial charge is 0.437 e. The summed E-state index contributed by atoms with van der Waals surface area (Å²) in [6.07, 6.45) is 1.72. The van der Waals surface area contributed by atoms with E-state index in [4.69, 9.17) is 9.72 Å². The highest BCUT2D eigenvalue weighted by Gasteiger charge is 2.20. The number of benzene rings is 3. The molecule has 200 valence electrons. The number of aromatic nitrogens is 3. The number of pyridine rings is 1. The first-order chi connectivity index (χ1) is 18.7. The van der Waals surface area contributed by atoms with Crippen LogP contribution in [0.5, 0.6) is 11.6 Å². The summed E-state index contributed by atoms with van der Waals surface area (Å²) in [5.41, 5.74) is 5.77. The molecule has 0 bridgehead atoms. The minimum absolute atomic E-state index is 0.0698. The topological polar surface area (TPSA) is 66.1 Å². The van der Waals surface area contributed by atoms with Crippen LogP contribution in [0, 0.1) is 5.82 Å². The van der Waals surface area contributed by atoms with Gasteiger partial charge in [-0.25, -0.2) is 14.4 Å². The summed E-state index contributed by atoms with van der Waals surface area (Å²) < 4.78 is 19.6. The van der Waals surface area contributed by atoms with Gasteiger partial charge in [-0.3, -0.25) is 4.90 Å². The quantitative estimate of drug-likeness (QED) is 0.215. The number of hydrogen-bond acceptors (Lipinski definition) is 5. The van der Waals surface area contributed by atoms with E-state index in [1.54, 1.807) is 6.20 Å². The number of fused-ring (bicyclic) bond motifs is 1. The minimum atomic E-state index is -0.219. The Morgan fingerprint density at radius 1 is 1.00 bits per heavy atom. The third-order valence-electron chi connectivity index (χ3n) is 6.92. The third kappa shape index (κ3) is 6.10. The van der Waals surface area contributed by atoms with E-state index in [2.05, 4.69) is 73.1 Å². The van der Waals surface area contributed by atoms with Crippen molar-refractivity contribution in [2.24, 2.45) is 0 Å². The Hall–Kier alpha value is -4.23. The second-order valence-electron chi connectivity index (χ2n) is 10.9. The molecule has 0 spiro atoms. The molecule has 0 amide bonds. The van der Waals surface area contributed by atoms with Crippen LogP contribution >= 0.6 is 0 Å². The number of halogens is 1. The summed E-state index contributed by atoms with van der Waals surface area (Å²) in [5, 5.41) is 3.35. The van der Waals surface area contributed by atoms with E-state index in [1.807, 2.05) is 48.5 Å². The molecule has 5 rings (SSSR count). The molecule has 1 atom stereocenters. The first-order valence-electron chi connectivity index (χ1n) is 13.1. The van der Waals surface area contributed by atoms with Crippen LogP contribution in [0.1, 0.15) is 50.4 Å². The standard InChI is InChI=1S/C32H34FN5O/c1-21(38(5)20-22-12-15-24(33)16-13-22)23-14-17-26-28(19-23)37-31(35-26)36-27-10-8-18-34-30(27)39-29-11-7-6-9-25(29)32(2,3)4/h6-19,21H,20H2,1-5H3,(H2,35,36,37). The highest BCUT2D eigenvalue weighted by molar-refractivity contribution is 5.79. The molecule has 39 heavy (non-hydrogen) atoms. The van der Waals surface area contributed by atoms with Crippen LogP contribution in [-0.2, 0) is 12.0 Å². The predicted molar refractivity (Wildman–Crippen MR) is 155 cm³/mol. The van der Waals surface area contributed by atoms with Crippen LogP contribution in [0.25, 0.3) is 11.0 Å². The number of para-hydroxylation sites is 1. The Bertz CT molecular complexity index is 1570. The summed E-state index contributed by atoms with van der Waals surface area (Å²) in [7, 11) is 2.07. The van der Waals surface area contributed by atoms with E-state index in [1.165, 1.54) is 12.1 Å². The van der Waals surface area contributed by atoms with E-state index < -0.39 is 0 Å². The first-order valence-corrected chi connectivity index (χ1v) is 13.1. The van der Waals surface area contributed by atoms with E-state index in [-0.39, 0.29) is 17.3 Å². The zero-order valence-electron chi connectivity index (χ0n) is 23.0. The van der Waals surface area contributed by atoms with Gasteiger partial charge in [0.25, 0.3) is 0 Å². The lowest BCUT2D eigenvalue weighted by Gasteiger charge is -2.25. The Kier molecular flexibility index (Phi) is 7.35. The highest BCUT2D eigenvalue weighted by atomic mass is 19.1. The molecule has 0 saturated carbocycles. The van der Waals surface area contributed by atoms with Crippen molar-refractivity contribution in [1.29, 1.82) is 0 Å². The molecule has 0 aliphatic heterocycles. The number of hydrogen-bond donors (Lipinski definition) is 2. The van der Waals surface area contributed by atoms with Gasteiger partial charge in [0.05, 0.1) is 11.0 Å². The zero-order valence-corrected chi connectivity index (χ0v) is 23.0.